The normalized spacial score (nSPS) is 14.8. The molecule has 1 aromatic carbocycles. The van der Waals surface area contributed by atoms with Crippen LogP contribution in [-0.2, 0) is 5.60 Å². The Morgan fingerprint density at radius 2 is 1.83 bits per heavy atom. The van der Waals surface area contributed by atoms with Gasteiger partial charge in [-0.15, -0.1) is 0 Å². The summed E-state index contributed by atoms with van der Waals surface area (Å²) in [5, 5.41) is 18.1. The molecule has 0 bridgehead atoms. The lowest BCUT2D eigenvalue weighted by Gasteiger charge is -2.13. The molecule has 0 spiro atoms. The predicted octanol–water partition coefficient (Wildman–Crippen LogP) is 1.73. The Morgan fingerprint density at radius 1 is 1.33 bits per heavy atom. The molecule has 1 aromatic rings. The van der Waals surface area contributed by atoms with Crippen molar-refractivity contribution in [3.8, 4) is 6.07 Å². The number of benzene rings is 1. The third-order valence-electron chi connectivity index (χ3n) is 1.83. The van der Waals surface area contributed by atoms with E-state index in [9.17, 15) is 5.11 Å². The molecule has 0 aliphatic carbocycles. The Balaban J connectivity index is 3.07. The molecule has 12 heavy (non-hydrogen) atoms. The molecule has 0 aliphatic heterocycles. The second-order valence-corrected chi connectivity index (χ2v) is 3.05. The van der Waals surface area contributed by atoms with E-state index in [1.54, 1.807) is 12.1 Å². The van der Waals surface area contributed by atoms with Crippen LogP contribution in [0.2, 0.25) is 0 Å². The Hall–Kier alpha value is -1.33. The predicted molar refractivity (Wildman–Crippen MR) is 46.4 cm³/mol. The van der Waals surface area contributed by atoms with Gasteiger partial charge in [-0.2, -0.15) is 5.26 Å². The highest BCUT2D eigenvalue weighted by atomic mass is 16.3. The van der Waals surface area contributed by atoms with E-state index in [0.717, 1.165) is 5.56 Å². The minimum absolute atomic E-state index is 0.635. The van der Waals surface area contributed by atoms with Gasteiger partial charge in [0.2, 0.25) is 0 Å². The molecule has 2 nitrogen and oxygen atoms in total. The number of hydrogen-bond acceptors (Lipinski definition) is 2. The van der Waals surface area contributed by atoms with Crippen LogP contribution in [0.15, 0.2) is 24.3 Å². The van der Waals surface area contributed by atoms with Crippen LogP contribution in [0.5, 0.6) is 0 Å². The van der Waals surface area contributed by atoms with Gasteiger partial charge < -0.3 is 5.11 Å². The highest BCUT2D eigenvalue weighted by Crippen LogP contribution is 2.19. The van der Waals surface area contributed by atoms with Crippen LogP contribution < -0.4 is 0 Å². The van der Waals surface area contributed by atoms with Crippen LogP contribution in [0.3, 0.4) is 0 Å². The SMILES string of the molecule is Cc1ccc([C@@](C)(O)C#N)cc1. The molecule has 62 valence electrons. The fraction of sp³-hybridized carbons (Fsp3) is 0.300. The topological polar surface area (TPSA) is 44.0 Å². The first kappa shape index (κ1) is 8.76. The lowest BCUT2D eigenvalue weighted by atomic mass is 9.97. The van der Waals surface area contributed by atoms with Gasteiger partial charge in [0.05, 0.1) is 0 Å². The van der Waals surface area contributed by atoms with E-state index in [0.29, 0.717) is 5.56 Å². The van der Waals surface area contributed by atoms with Crippen LogP contribution in [0.25, 0.3) is 0 Å². The van der Waals surface area contributed by atoms with Gasteiger partial charge in [-0.05, 0) is 19.4 Å². The number of nitriles is 1. The van der Waals surface area contributed by atoms with E-state index in [4.69, 9.17) is 5.26 Å². The molecule has 0 saturated heterocycles. The van der Waals surface area contributed by atoms with Crippen molar-refractivity contribution < 1.29 is 5.11 Å². The number of hydrogen-bond donors (Lipinski definition) is 1. The van der Waals surface area contributed by atoms with Gasteiger partial charge in [-0.25, -0.2) is 0 Å². The van der Waals surface area contributed by atoms with Crippen molar-refractivity contribution in [1.82, 2.24) is 0 Å². The maximum Gasteiger partial charge on any atom is 0.173 e. The molecule has 0 aliphatic rings. The van der Waals surface area contributed by atoms with Crippen molar-refractivity contribution >= 4 is 0 Å². The molecule has 0 amide bonds. The van der Waals surface area contributed by atoms with Crippen LogP contribution in [0.1, 0.15) is 18.1 Å². The van der Waals surface area contributed by atoms with Crippen molar-refractivity contribution in [3.05, 3.63) is 35.4 Å². The maximum absolute atomic E-state index is 9.52. The summed E-state index contributed by atoms with van der Waals surface area (Å²) >= 11 is 0. The Kier molecular flexibility index (Phi) is 2.16. The maximum atomic E-state index is 9.52. The van der Waals surface area contributed by atoms with Crippen molar-refractivity contribution in [1.29, 1.82) is 5.26 Å². The molecule has 0 radical (unpaired) electrons. The number of rotatable bonds is 1. The Labute approximate surface area is 72.1 Å². The molecule has 1 N–H and O–H groups in total. The van der Waals surface area contributed by atoms with Gasteiger partial charge in [0.25, 0.3) is 0 Å². The zero-order valence-electron chi connectivity index (χ0n) is 7.20. The number of nitrogens with zero attached hydrogens (tertiary/aromatic N) is 1. The van der Waals surface area contributed by atoms with E-state index in [1.807, 2.05) is 25.1 Å². The summed E-state index contributed by atoms with van der Waals surface area (Å²) in [5.41, 5.74) is 0.385. The molecule has 1 atom stereocenters. The molecule has 1 rings (SSSR count). The number of aryl methyl sites for hydroxylation is 1. The van der Waals surface area contributed by atoms with E-state index >= 15 is 0 Å². The first-order valence-corrected chi connectivity index (χ1v) is 3.77. The molecule has 0 unspecified atom stereocenters. The van der Waals surface area contributed by atoms with Crippen molar-refractivity contribution in [2.24, 2.45) is 0 Å². The first-order valence-electron chi connectivity index (χ1n) is 3.77. The second-order valence-electron chi connectivity index (χ2n) is 3.05. The molecule has 0 saturated carbocycles. The zero-order valence-corrected chi connectivity index (χ0v) is 7.20. The third-order valence-corrected chi connectivity index (χ3v) is 1.83. The summed E-state index contributed by atoms with van der Waals surface area (Å²) in [6.07, 6.45) is 0. The summed E-state index contributed by atoms with van der Waals surface area (Å²) in [7, 11) is 0. The summed E-state index contributed by atoms with van der Waals surface area (Å²) < 4.78 is 0. The molecular formula is C10H11NO. The molecule has 0 fully saturated rings. The Morgan fingerprint density at radius 3 is 2.25 bits per heavy atom. The number of aliphatic hydroxyl groups is 1. The lowest BCUT2D eigenvalue weighted by Crippen LogP contribution is -2.17. The molecule has 2 heteroatoms. The highest BCUT2D eigenvalue weighted by Gasteiger charge is 2.21. The lowest BCUT2D eigenvalue weighted by molar-refractivity contribution is 0.119. The average Bonchev–Trinajstić information content (AvgIpc) is 2.05. The van der Waals surface area contributed by atoms with Gasteiger partial charge >= 0.3 is 0 Å². The van der Waals surface area contributed by atoms with Gasteiger partial charge in [-0.3, -0.25) is 0 Å². The van der Waals surface area contributed by atoms with Gasteiger partial charge in [0.1, 0.15) is 6.07 Å². The monoisotopic (exact) mass is 161 g/mol. The van der Waals surface area contributed by atoms with Gasteiger partial charge in [-0.1, -0.05) is 29.8 Å². The van der Waals surface area contributed by atoms with Crippen molar-refractivity contribution in [2.45, 2.75) is 19.4 Å². The standard InChI is InChI=1S/C10H11NO/c1-8-3-5-9(6-4-8)10(2,12)7-11/h3-6,12H,1-2H3/t10-/m0/s1. The van der Waals surface area contributed by atoms with E-state index in [-0.39, 0.29) is 0 Å². The van der Waals surface area contributed by atoms with Crippen LogP contribution >= 0.6 is 0 Å². The van der Waals surface area contributed by atoms with E-state index in [1.165, 1.54) is 6.92 Å². The zero-order chi connectivity index (χ0) is 9.19. The fourth-order valence-electron chi connectivity index (χ4n) is 0.943. The minimum Gasteiger partial charge on any atom is -0.372 e. The van der Waals surface area contributed by atoms with E-state index < -0.39 is 5.60 Å². The first-order chi connectivity index (χ1) is 5.56. The summed E-state index contributed by atoms with van der Waals surface area (Å²) in [5.74, 6) is 0. The van der Waals surface area contributed by atoms with E-state index in [2.05, 4.69) is 0 Å². The van der Waals surface area contributed by atoms with Crippen molar-refractivity contribution in [3.63, 3.8) is 0 Å². The molecule has 0 aromatic heterocycles. The quantitative estimate of drug-likeness (QED) is 0.637. The summed E-state index contributed by atoms with van der Waals surface area (Å²) in [6, 6.07) is 9.11. The summed E-state index contributed by atoms with van der Waals surface area (Å²) in [4.78, 5) is 0. The smallest absolute Gasteiger partial charge is 0.173 e. The van der Waals surface area contributed by atoms with Crippen LogP contribution in [0.4, 0.5) is 0 Å². The largest absolute Gasteiger partial charge is 0.372 e. The van der Waals surface area contributed by atoms with Gasteiger partial charge in [0, 0.05) is 0 Å². The fourth-order valence-corrected chi connectivity index (χ4v) is 0.943. The van der Waals surface area contributed by atoms with Gasteiger partial charge in [0.15, 0.2) is 5.60 Å². The summed E-state index contributed by atoms with van der Waals surface area (Å²) in [6.45, 7) is 3.45. The second kappa shape index (κ2) is 2.96. The Bertz CT molecular complexity index is 306. The van der Waals surface area contributed by atoms with Crippen LogP contribution in [0, 0.1) is 18.3 Å². The molecule has 0 heterocycles. The van der Waals surface area contributed by atoms with Crippen molar-refractivity contribution in [2.75, 3.05) is 0 Å². The molecular weight excluding hydrogens is 150 g/mol. The van der Waals surface area contributed by atoms with Crippen LogP contribution in [-0.4, -0.2) is 5.11 Å². The third kappa shape index (κ3) is 1.63. The minimum atomic E-state index is -1.37. The average molecular weight is 161 g/mol. The highest BCUT2D eigenvalue weighted by molar-refractivity contribution is 5.29.